The van der Waals surface area contributed by atoms with Crippen LogP contribution in [0.3, 0.4) is 0 Å². The summed E-state index contributed by atoms with van der Waals surface area (Å²) < 4.78 is 7.23. The van der Waals surface area contributed by atoms with Crippen molar-refractivity contribution in [2.75, 3.05) is 0 Å². The third-order valence-electron chi connectivity index (χ3n) is 9.97. The highest BCUT2D eigenvalue weighted by Crippen LogP contribution is 2.44. The summed E-state index contributed by atoms with van der Waals surface area (Å²) in [5, 5.41) is 8.54. The molecule has 4 heterocycles. The van der Waals surface area contributed by atoms with Crippen LogP contribution in [0.25, 0.3) is 93.3 Å². The first kappa shape index (κ1) is 24.9. The normalized spacial score (nSPS) is 12.3. The van der Waals surface area contributed by atoms with Gasteiger partial charge in [-0.05, 0) is 72.1 Å². The Labute approximate surface area is 268 Å². The summed E-state index contributed by atoms with van der Waals surface area (Å²) >= 11 is 0. The first-order valence-corrected chi connectivity index (χ1v) is 16.1. The molecule has 0 aliphatic heterocycles. The Morgan fingerprint density at radius 1 is 0.362 bits per heavy atom. The van der Waals surface area contributed by atoms with Gasteiger partial charge in [0.2, 0.25) is 0 Å². The lowest BCUT2D eigenvalue weighted by atomic mass is 10.00. The Hall–Kier alpha value is -6.39. The SMILES string of the molecule is c1ccc(-n2c3ccccc3c3cc4c(cc32)c2nc3ccccc3n2c2ccc3c5ccccc5n(-c5ccccc5)c3c42)cc1. The van der Waals surface area contributed by atoms with Gasteiger partial charge in [-0.15, -0.1) is 0 Å². The van der Waals surface area contributed by atoms with Crippen molar-refractivity contribution in [3.05, 3.63) is 158 Å². The Kier molecular flexibility index (Phi) is 4.81. The maximum Gasteiger partial charge on any atom is 0.146 e. The Morgan fingerprint density at radius 3 is 1.70 bits per heavy atom. The summed E-state index contributed by atoms with van der Waals surface area (Å²) in [6.45, 7) is 0. The maximum absolute atomic E-state index is 5.31. The zero-order valence-corrected chi connectivity index (χ0v) is 25.3. The number of fused-ring (bicyclic) bond motifs is 15. The summed E-state index contributed by atoms with van der Waals surface area (Å²) in [5.41, 5.74) is 11.3. The fraction of sp³-hybridized carbons (Fsp3) is 0. The van der Waals surface area contributed by atoms with Crippen molar-refractivity contribution < 1.29 is 0 Å². The van der Waals surface area contributed by atoms with Crippen molar-refractivity contribution >= 4 is 82.0 Å². The van der Waals surface area contributed by atoms with Crippen molar-refractivity contribution in [3.8, 4) is 11.4 Å². The summed E-state index contributed by atoms with van der Waals surface area (Å²) in [6, 6.07) is 56.9. The average molecular weight is 599 g/mol. The lowest BCUT2D eigenvalue weighted by Crippen LogP contribution is -1.98. The van der Waals surface area contributed by atoms with E-state index in [2.05, 4.69) is 171 Å². The summed E-state index contributed by atoms with van der Waals surface area (Å²) in [6.07, 6.45) is 0. The van der Waals surface area contributed by atoms with Crippen molar-refractivity contribution in [1.82, 2.24) is 18.5 Å². The standard InChI is InChI=1S/C43H26N4/c1-3-13-27(14-4-1)45-36-20-10-8-18-30(36)32-25-33-34(26-40(32)45)43-44-35-19-9-12-22-38(35)47(43)39-24-23-31-29-17-7-11-21-37(29)46(42(31)41(33)39)28-15-5-2-6-16-28/h1-26H. The molecule has 0 saturated carbocycles. The van der Waals surface area contributed by atoms with Crippen LogP contribution in [0, 0.1) is 0 Å². The number of nitrogens with zero attached hydrogens (tertiary/aromatic N) is 4. The molecule has 0 bridgehead atoms. The van der Waals surface area contributed by atoms with Gasteiger partial charge < -0.3 is 9.13 Å². The van der Waals surface area contributed by atoms with Crippen LogP contribution in [0.5, 0.6) is 0 Å². The van der Waals surface area contributed by atoms with Gasteiger partial charge in [-0.3, -0.25) is 4.40 Å². The molecule has 11 rings (SSSR count). The zero-order chi connectivity index (χ0) is 30.6. The van der Waals surface area contributed by atoms with E-state index < -0.39 is 0 Å². The Balaban J connectivity index is 1.46. The van der Waals surface area contributed by atoms with Crippen molar-refractivity contribution in [3.63, 3.8) is 0 Å². The number of imidazole rings is 1. The molecule has 0 amide bonds. The summed E-state index contributed by atoms with van der Waals surface area (Å²) in [4.78, 5) is 5.31. The van der Waals surface area contributed by atoms with Gasteiger partial charge in [0.25, 0.3) is 0 Å². The molecule has 47 heavy (non-hydrogen) atoms. The molecule has 218 valence electrons. The van der Waals surface area contributed by atoms with Crippen LogP contribution >= 0.6 is 0 Å². The van der Waals surface area contributed by atoms with E-state index in [9.17, 15) is 0 Å². The number of rotatable bonds is 2. The Bertz CT molecular complexity index is 3050. The van der Waals surface area contributed by atoms with E-state index in [4.69, 9.17) is 4.98 Å². The van der Waals surface area contributed by atoms with Crippen molar-refractivity contribution in [1.29, 1.82) is 0 Å². The van der Waals surface area contributed by atoms with E-state index in [1.54, 1.807) is 0 Å². The summed E-state index contributed by atoms with van der Waals surface area (Å²) in [5.74, 6) is 0. The molecule has 4 nitrogen and oxygen atoms in total. The number of hydrogen-bond donors (Lipinski definition) is 0. The molecule has 0 saturated heterocycles. The Morgan fingerprint density at radius 2 is 0.957 bits per heavy atom. The van der Waals surface area contributed by atoms with E-state index in [-0.39, 0.29) is 0 Å². The van der Waals surface area contributed by atoms with Gasteiger partial charge >= 0.3 is 0 Å². The van der Waals surface area contributed by atoms with Crippen molar-refractivity contribution in [2.24, 2.45) is 0 Å². The fourth-order valence-corrected chi connectivity index (χ4v) is 8.06. The predicted molar refractivity (Wildman–Crippen MR) is 196 cm³/mol. The molecule has 4 aromatic heterocycles. The number of pyridine rings is 1. The highest BCUT2D eigenvalue weighted by Gasteiger charge is 2.22. The minimum atomic E-state index is 0.974. The average Bonchev–Trinajstić information content (AvgIpc) is 3.79. The molecule has 0 radical (unpaired) electrons. The second-order valence-corrected chi connectivity index (χ2v) is 12.4. The molecular weight excluding hydrogens is 573 g/mol. The first-order valence-electron chi connectivity index (χ1n) is 16.1. The van der Waals surface area contributed by atoms with E-state index in [0.29, 0.717) is 0 Å². The molecule has 0 aliphatic rings. The van der Waals surface area contributed by atoms with E-state index in [0.717, 1.165) is 39.0 Å². The highest BCUT2D eigenvalue weighted by molar-refractivity contribution is 6.29. The van der Waals surface area contributed by atoms with Crippen molar-refractivity contribution in [2.45, 2.75) is 0 Å². The van der Waals surface area contributed by atoms with Crippen LogP contribution in [-0.2, 0) is 0 Å². The summed E-state index contributed by atoms with van der Waals surface area (Å²) in [7, 11) is 0. The van der Waals surface area contributed by atoms with Crippen LogP contribution < -0.4 is 0 Å². The van der Waals surface area contributed by atoms with Crippen LogP contribution in [0.2, 0.25) is 0 Å². The van der Waals surface area contributed by atoms with Gasteiger partial charge in [0.15, 0.2) is 0 Å². The van der Waals surface area contributed by atoms with Gasteiger partial charge in [-0.1, -0.05) is 91.0 Å². The van der Waals surface area contributed by atoms with Gasteiger partial charge in [0, 0.05) is 43.7 Å². The molecule has 0 spiro atoms. The van der Waals surface area contributed by atoms with Gasteiger partial charge in [-0.2, -0.15) is 0 Å². The van der Waals surface area contributed by atoms with E-state index in [1.807, 2.05) is 0 Å². The van der Waals surface area contributed by atoms with Crippen LogP contribution in [0.4, 0.5) is 0 Å². The van der Waals surface area contributed by atoms with Crippen LogP contribution in [-0.4, -0.2) is 18.5 Å². The quantitative estimate of drug-likeness (QED) is 0.182. The van der Waals surface area contributed by atoms with Crippen LogP contribution in [0.15, 0.2) is 158 Å². The minimum absolute atomic E-state index is 0.974. The smallest absolute Gasteiger partial charge is 0.146 e. The van der Waals surface area contributed by atoms with Gasteiger partial charge in [-0.25, -0.2) is 4.98 Å². The highest BCUT2D eigenvalue weighted by atomic mass is 15.0. The molecule has 0 N–H and O–H groups in total. The maximum atomic E-state index is 5.31. The first-order chi connectivity index (χ1) is 23.3. The van der Waals surface area contributed by atoms with E-state index in [1.165, 1.54) is 54.4 Å². The lowest BCUT2D eigenvalue weighted by Gasteiger charge is -2.15. The number of aromatic nitrogens is 4. The van der Waals surface area contributed by atoms with Gasteiger partial charge in [0.1, 0.15) is 5.65 Å². The predicted octanol–water partition coefficient (Wildman–Crippen LogP) is 11.0. The largest absolute Gasteiger partial charge is 0.309 e. The second-order valence-electron chi connectivity index (χ2n) is 12.4. The number of benzene rings is 7. The second kappa shape index (κ2) is 9.09. The molecule has 4 heteroatoms. The minimum Gasteiger partial charge on any atom is -0.309 e. The molecule has 0 atom stereocenters. The van der Waals surface area contributed by atoms with E-state index >= 15 is 0 Å². The molecule has 0 aliphatic carbocycles. The van der Waals surface area contributed by atoms with Gasteiger partial charge in [0.05, 0.1) is 38.6 Å². The number of para-hydroxylation sites is 6. The topological polar surface area (TPSA) is 27.2 Å². The third-order valence-corrected chi connectivity index (χ3v) is 9.97. The number of hydrogen-bond acceptors (Lipinski definition) is 1. The molecule has 0 unspecified atom stereocenters. The van der Waals surface area contributed by atoms with Crippen LogP contribution in [0.1, 0.15) is 0 Å². The molecular formula is C43H26N4. The molecule has 0 fully saturated rings. The monoisotopic (exact) mass is 598 g/mol. The molecule has 7 aromatic carbocycles. The molecule has 11 aromatic rings. The zero-order valence-electron chi connectivity index (χ0n) is 25.3. The fourth-order valence-electron chi connectivity index (χ4n) is 8.06. The third kappa shape index (κ3) is 3.23. The lowest BCUT2D eigenvalue weighted by molar-refractivity contribution is 1.18.